The first-order valence-corrected chi connectivity index (χ1v) is 7.34. The summed E-state index contributed by atoms with van der Waals surface area (Å²) in [7, 11) is 0. The molecule has 0 amide bonds. The second kappa shape index (κ2) is 5.66. The molecule has 1 aliphatic carbocycles. The van der Waals surface area contributed by atoms with Crippen molar-refractivity contribution in [1.82, 2.24) is 0 Å². The standard InChI is InChI=1S/C18H20FN/c1-13-10-11-18(16(19)12-13)20-17-9-5-3-7-14-6-2-4-8-15(14)17/h2,4,6,8,10-12,17,20H,3,5,7,9H2,1H3. The lowest BCUT2D eigenvalue weighted by Gasteiger charge is -2.21. The van der Waals surface area contributed by atoms with Crippen LogP contribution in [0, 0.1) is 12.7 Å². The molecule has 3 rings (SSSR count). The zero-order valence-electron chi connectivity index (χ0n) is 11.8. The van der Waals surface area contributed by atoms with Crippen LogP contribution in [0.15, 0.2) is 42.5 Å². The molecule has 0 saturated heterocycles. The van der Waals surface area contributed by atoms with Crippen LogP contribution < -0.4 is 5.32 Å². The Bertz CT molecular complexity index is 606. The average Bonchev–Trinajstić information content (AvgIpc) is 2.65. The molecule has 0 saturated carbocycles. The highest BCUT2D eigenvalue weighted by Crippen LogP contribution is 2.32. The van der Waals surface area contributed by atoms with E-state index in [9.17, 15) is 4.39 Å². The second-order valence-electron chi connectivity index (χ2n) is 5.62. The minimum atomic E-state index is -0.160. The van der Waals surface area contributed by atoms with Crippen molar-refractivity contribution in [2.75, 3.05) is 5.32 Å². The Kier molecular flexibility index (Phi) is 3.72. The van der Waals surface area contributed by atoms with Gasteiger partial charge in [0.15, 0.2) is 0 Å². The Balaban J connectivity index is 1.90. The molecule has 0 radical (unpaired) electrons. The van der Waals surface area contributed by atoms with Crippen LogP contribution in [0.2, 0.25) is 0 Å². The van der Waals surface area contributed by atoms with E-state index in [1.54, 1.807) is 6.07 Å². The zero-order chi connectivity index (χ0) is 13.9. The maximum Gasteiger partial charge on any atom is 0.146 e. The molecular formula is C18H20FN. The van der Waals surface area contributed by atoms with Gasteiger partial charge in [0, 0.05) is 0 Å². The number of rotatable bonds is 2. The normalized spacial score (nSPS) is 18.2. The Morgan fingerprint density at radius 3 is 2.80 bits per heavy atom. The third-order valence-electron chi connectivity index (χ3n) is 4.07. The average molecular weight is 269 g/mol. The lowest BCUT2D eigenvalue weighted by molar-refractivity contribution is 0.611. The fourth-order valence-corrected chi connectivity index (χ4v) is 3.00. The van der Waals surface area contributed by atoms with Gasteiger partial charge in [0.25, 0.3) is 0 Å². The van der Waals surface area contributed by atoms with E-state index in [1.807, 2.05) is 19.1 Å². The third-order valence-corrected chi connectivity index (χ3v) is 4.07. The summed E-state index contributed by atoms with van der Waals surface area (Å²) in [6.45, 7) is 1.91. The predicted molar refractivity (Wildman–Crippen MR) is 81.5 cm³/mol. The second-order valence-corrected chi connectivity index (χ2v) is 5.62. The van der Waals surface area contributed by atoms with Crippen molar-refractivity contribution in [3.8, 4) is 0 Å². The van der Waals surface area contributed by atoms with E-state index in [4.69, 9.17) is 0 Å². The molecule has 1 N–H and O–H groups in total. The molecule has 2 aromatic carbocycles. The number of hydrogen-bond donors (Lipinski definition) is 1. The van der Waals surface area contributed by atoms with Gasteiger partial charge in [-0.05, 0) is 55.0 Å². The van der Waals surface area contributed by atoms with Crippen molar-refractivity contribution in [2.45, 2.75) is 38.6 Å². The lowest BCUT2D eigenvalue weighted by Crippen LogP contribution is -2.12. The van der Waals surface area contributed by atoms with E-state index in [2.05, 4.69) is 29.6 Å². The molecule has 20 heavy (non-hydrogen) atoms. The molecule has 2 aromatic rings. The molecule has 1 nitrogen and oxygen atoms in total. The number of hydrogen-bond acceptors (Lipinski definition) is 1. The fraction of sp³-hybridized carbons (Fsp3) is 0.333. The smallest absolute Gasteiger partial charge is 0.146 e. The van der Waals surface area contributed by atoms with E-state index >= 15 is 0 Å². The molecule has 0 aliphatic heterocycles. The summed E-state index contributed by atoms with van der Waals surface area (Å²) in [4.78, 5) is 0. The van der Waals surface area contributed by atoms with Gasteiger partial charge in [-0.3, -0.25) is 0 Å². The molecular weight excluding hydrogens is 249 g/mol. The number of fused-ring (bicyclic) bond motifs is 1. The van der Waals surface area contributed by atoms with Crippen molar-refractivity contribution in [3.05, 3.63) is 65.0 Å². The van der Waals surface area contributed by atoms with Crippen LogP contribution in [0.5, 0.6) is 0 Å². The van der Waals surface area contributed by atoms with Gasteiger partial charge in [-0.2, -0.15) is 0 Å². The van der Waals surface area contributed by atoms with Gasteiger partial charge >= 0.3 is 0 Å². The van der Waals surface area contributed by atoms with E-state index in [1.165, 1.54) is 24.0 Å². The van der Waals surface area contributed by atoms with Gasteiger partial charge in [0.05, 0.1) is 11.7 Å². The quantitative estimate of drug-likeness (QED) is 0.755. The first-order chi connectivity index (χ1) is 9.74. The molecule has 0 fully saturated rings. The first-order valence-electron chi connectivity index (χ1n) is 7.34. The van der Waals surface area contributed by atoms with Crippen LogP contribution in [0.1, 0.15) is 42.0 Å². The lowest BCUT2D eigenvalue weighted by atomic mass is 9.99. The summed E-state index contributed by atoms with van der Waals surface area (Å²) >= 11 is 0. The summed E-state index contributed by atoms with van der Waals surface area (Å²) in [6, 6.07) is 14.1. The van der Waals surface area contributed by atoms with Crippen LogP contribution in [-0.4, -0.2) is 0 Å². The summed E-state index contributed by atoms with van der Waals surface area (Å²) in [5, 5.41) is 3.40. The Hall–Kier alpha value is -1.83. The number of halogens is 1. The highest BCUT2D eigenvalue weighted by atomic mass is 19.1. The zero-order valence-corrected chi connectivity index (χ0v) is 11.8. The molecule has 1 atom stereocenters. The Labute approximate surface area is 119 Å². The molecule has 0 bridgehead atoms. The molecule has 2 heteroatoms. The largest absolute Gasteiger partial charge is 0.376 e. The maximum atomic E-state index is 14.0. The number of anilines is 1. The van der Waals surface area contributed by atoms with Crippen LogP contribution in [0.3, 0.4) is 0 Å². The molecule has 104 valence electrons. The van der Waals surface area contributed by atoms with Gasteiger partial charge in [0.2, 0.25) is 0 Å². The van der Waals surface area contributed by atoms with Crippen LogP contribution >= 0.6 is 0 Å². The van der Waals surface area contributed by atoms with Gasteiger partial charge in [-0.1, -0.05) is 36.8 Å². The highest BCUT2D eigenvalue weighted by molar-refractivity contribution is 5.49. The third kappa shape index (κ3) is 2.69. The topological polar surface area (TPSA) is 12.0 Å². The van der Waals surface area contributed by atoms with Crippen molar-refractivity contribution < 1.29 is 4.39 Å². The van der Waals surface area contributed by atoms with Gasteiger partial charge in [-0.25, -0.2) is 4.39 Å². The minimum absolute atomic E-state index is 0.160. The molecule has 0 spiro atoms. The van der Waals surface area contributed by atoms with E-state index < -0.39 is 0 Å². The first kappa shape index (κ1) is 13.2. The van der Waals surface area contributed by atoms with Gasteiger partial charge in [0.1, 0.15) is 5.82 Å². The maximum absolute atomic E-state index is 14.0. The van der Waals surface area contributed by atoms with Crippen LogP contribution in [0.4, 0.5) is 10.1 Å². The van der Waals surface area contributed by atoms with Crippen molar-refractivity contribution >= 4 is 5.69 Å². The summed E-state index contributed by atoms with van der Waals surface area (Å²) in [5.74, 6) is -0.160. The van der Waals surface area contributed by atoms with E-state index in [-0.39, 0.29) is 11.9 Å². The molecule has 0 heterocycles. The van der Waals surface area contributed by atoms with Crippen molar-refractivity contribution in [1.29, 1.82) is 0 Å². The number of aryl methyl sites for hydroxylation is 2. The molecule has 0 aromatic heterocycles. The van der Waals surface area contributed by atoms with Crippen LogP contribution in [-0.2, 0) is 6.42 Å². The number of nitrogens with one attached hydrogen (secondary N) is 1. The van der Waals surface area contributed by atoms with Crippen molar-refractivity contribution in [2.24, 2.45) is 0 Å². The Morgan fingerprint density at radius 2 is 1.95 bits per heavy atom. The van der Waals surface area contributed by atoms with Crippen molar-refractivity contribution in [3.63, 3.8) is 0 Å². The molecule has 1 aliphatic rings. The predicted octanol–water partition coefficient (Wildman–Crippen LogP) is 5.01. The Morgan fingerprint density at radius 1 is 1.10 bits per heavy atom. The van der Waals surface area contributed by atoms with E-state index in [0.29, 0.717) is 5.69 Å². The van der Waals surface area contributed by atoms with Gasteiger partial charge < -0.3 is 5.32 Å². The SMILES string of the molecule is Cc1ccc(NC2CCCCc3ccccc32)c(F)c1. The monoisotopic (exact) mass is 269 g/mol. The summed E-state index contributed by atoms with van der Waals surface area (Å²) < 4.78 is 14.0. The van der Waals surface area contributed by atoms with Crippen LogP contribution in [0.25, 0.3) is 0 Å². The summed E-state index contributed by atoms with van der Waals surface area (Å²) in [6.07, 6.45) is 4.58. The highest BCUT2D eigenvalue weighted by Gasteiger charge is 2.19. The summed E-state index contributed by atoms with van der Waals surface area (Å²) in [5.41, 5.74) is 4.28. The minimum Gasteiger partial charge on any atom is -0.376 e. The van der Waals surface area contributed by atoms with Gasteiger partial charge in [-0.15, -0.1) is 0 Å². The molecule has 1 unspecified atom stereocenters. The number of benzene rings is 2. The fourth-order valence-electron chi connectivity index (χ4n) is 3.00. The van der Waals surface area contributed by atoms with E-state index in [0.717, 1.165) is 18.4 Å².